The first-order valence-corrected chi connectivity index (χ1v) is 8.49. The van der Waals surface area contributed by atoms with Gasteiger partial charge in [0.1, 0.15) is 11.1 Å². The van der Waals surface area contributed by atoms with Crippen LogP contribution in [-0.4, -0.2) is 26.0 Å². The molecule has 0 fully saturated rings. The lowest BCUT2D eigenvalue weighted by Crippen LogP contribution is -2.30. The summed E-state index contributed by atoms with van der Waals surface area (Å²) in [5.74, 6) is -0.401. The summed E-state index contributed by atoms with van der Waals surface area (Å²) in [6, 6.07) is 16.0. The Bertz CT molecular complexity index is 627. The Labute approximate surface area is 152 Å². The maximum atomic E-state index is 13.9. The zero-order chi connectivity index (χ0) is 16.5. The molecule has 3 nitrogen and oxygen atoms in total. The Kier molecular flexibility index (Phi) is 9.45. The van der Waals surface area contributed by atoms with Crippen molar-refractivity contribution in [3.63, 3.8) is 0 Å². The SMILES string of the molecule is CNCCCNC(=O)C(Sc1ccccc1F)c1ccccc1.Cl. The fourth-order valence-electron chi connectivity index (χ4n) is 2.14. The molecule has 0 saturated carbocycles. The van der Waals surface area contributed by atoms with Gasteiger partial charge < -0.3 is 10.6 Å². The van der Waals surface area contributed by atoms with Crippen LogP contribution in [0.4, 0.5) is 4.39 Å². The van der Waals surface area contributed by atoms with Crippen molar-refractivity contribution in [2.24, 2.45) is 0 Å². The maximum Gasteiger partial charge on any atom is 0.237 e. The van der Waals surface area contributed by atoms with Gasteiger partial charge in [0.25, 0.3) is 0 Å². The van der Waals surface area contributed by atoms with Gasteiger partial charge in [-0.25, -0.2) is 4.39 Å². The topological polar surface area (TPSA) is 41.1 Å². The first-order chi connectivity index (χ1) is 11.2. The van der Waals surface area contributed by atoms with Gasteiger partial charge in [-0.3, -0.25) is 4.79 Å². The van der Waals surface area contributed by atoms with E-state index in [1.54, 1.807) is 18.2 Å². The van der Waals surface area contributed by atoms with Crippen molar-refractivity contribution in [3.8, 4) is 0 Å². The fourth-order valence-corrected chi connectivity index (χ4v) is 3.21. The molecule has 0 aliphatic rings. The Balaban J connectivity index is 0.00000288. The summed E-state index contributed by atoms with van der Waals surface area (Å²) in [5.41, 5.74) is 0.867. The van der Waals surface area contributed by atoms with E-state index in [1.165, 1.54) is 17.8 Å². The summed E-state index contributed by atoms with van der Waals surface area (Å²) in [6.45, 7) is 1.44. The number of hydrogen-bond donors (Lipinski definition) is 2. The van der Waals surface area contributed by atoms with Gasteiger partial charge >= 0.3 is 0 Å². The van der Waals surface area contributed by atoms with Gasteiger partial charge in [0.2, 0.25) is 5.91 Å². The van der Waals surface area contributed by atoms with Crippen LogP contribution < -0.4 is 10.6 Å². The average molecular weight is 369 g/mol. The monoisotopic (exact) mass is 368 g/mol. The Morgan fingerprint density at radius 2 is 1.75 bits per heavy atom. The number of nitrogens with one attached hydrogen (secondary N) is 2. The second-order valence-corrected chi connectivity index (χ2v) is 6.23. The van der Waals surface area contributed by atoms with E-state index >= 15 is 0 Å². The third-order valence-electron chi connectivity index (χ3n) is 3.32. The minimum Gasteiger partial charge on any atom is -0.355 e. The van der Waals surface area contributed by atoms with E-state index in [1.807, 2.05) is 37.4 Å². The van der Waals surface area contributed by atoms with Crippen LogP contribution in [0.15, 0.2) is 59.5 Å². The summed E-state index contributed by atoms with van der Waals surface area (Å²) in [6.07, 6.45) is 0.855. The predicted molar refractivity (Wildman–Crippen MR) is 100 cm³/mol. The second-order valence-electron chi connectivity index (χ2n) is 5.09. The first kappa shape index (κ1) is 20.5. The van der Waals surface area contributed by atoms with Crippen LogP contribution in [0.2, 0.25) is 0 Å². The molecule has 0 saturated heterocycles. The number of rotatable bonds is 8. The molecule has 6 heteroatoms. The summed E-state index contributed by atoms with van der Waals surface area (Å²) in [7, 11) is 1.88. The minimum atomic E-state index is -0.470. The van der Waals surface area contributed by atoms with Crippen LogP contribution in [-0.2, 0) is 4.79 Å². The highest BCUT2D eigenvalue weighted by atomic mass is 35.5. The molecule has 2 rings (SSSR count). The zero-order valence-electron chi connectivity index (χ0n) is 13.5. The molecule has 0 radical (unpaired) electrons. The summed E-state index contributed by atoms with van der Waals surface area (Å²) in [4.78, 5) is 13.0. The zero-order valence-corrected chi connectivity index (χ0v) is 15.1. The van der Waals surface area contributed by atoms with Crippen molar-refractivity contribution in [3.05, 3.63) is 66.0 Å². The van der Waals surface area contributed by atoms with E-state index in [9.17, 15) is 9.18 Å². The molecule has 1 amide bonds. The van der Waals surface area contributed by atoms with Crippen LogP contribution in [0.5, 0.6) is 0 Å². The maximum absolute atomic E-state index is 13.9. The number of hydrogen-bond acceptors (Lipinski definition) is 3. The number of carbonyl (C=O) groups is 1. The second kappa shape index (κ2) is 11.1. The molecule has 2 aromatic carbocycles. The Hall–Kier alpha value is -1.56. The molecule has 0 heterocycles. The van der Waals surface area contributed by atoms with Crippen molar-refractivity contribution in [2.45, 2.75) is 16.6 Å². The highest BCUT2D eigenvalue weighted by Crippen LogP contribution is 2.36. The molecule has 2 aromatic rings. The third kappa shape index (κ3) is 6.15. The van der Waals surface area contributed by atoms with Gasteiger partial charge in [-0.15, -0.1) is 24.2 Å². The lowest BCUT2D eigenvalue weighted by molar-refractivity contribution is -0.120. The smallest absolute Gasteiger partial charge is 0.237 e. The summed E-state index contributed by atoms with van der Waals surface area (Å²) in [5, 5.41) is 5.51. The largest absolute Gasteiger partial charge is 0.355 e. The average Bonchev–Trinajstić information content (AvgIpc) is 2.58. The predicted octanol–water partition coefficient (Wildman–Crippen LogP) is 3.81. The van der Waals surface area contributed by atoms with Crippen molar-refractivity contribution in [1.82, 2.24) is 10.6 Å². The van der Waals surface area contributed by atoms with Gasteiger partial charge in [-0.2, -0.15) is 0 Å². The molecule has 0 aromatic heterocycles. The number of thioether (sulfide) groups is 1. The van der Waals surface area contributed by atoms with Crippen LogP contribution in [0, 0.1) is 5.82 Å². The van der Waals surface area contributed by atoms with Gasteiger partial charge in [0, 0.05) is 11.4 Å². The first-order valence-electron chi connectivity index (χ1n) is 7.61. The number of halogens is 2. The molecule has 0 aliphatic carbocycles. The van der Waals surface area contributed by atoms with Crippen molar-refractivity contribution >= 4 is 30.1 Å². The molecule has 2 N–H and O–H groups in total. The van der Waals surface area contributed by atoms with E-state index in [2.05, 4.69) is 10.6 Å². The number of benzene rings is 2. The van der Waals surface area contributed by atoms with E-state index < -0.39 is 5.25 Å². The fraction of sp³-hybridized carbons (Fsp3) is 0.278. The lowest BCUT2D eigenvalue weighted by atomic mass is 10.1. The van der Waals surface area contributed by atoms with Crippen molar-refractivity contribution in [1.29, 1.82) is 0 Å². The van der Waals surface area contributed by atoms with Gasteiger partial charge in [0.05, 0.1) is 0 Å². The van der Waals surface area contributed by atoms with Crippen molar-refractivity contribution < 1.29 is 9.18 Å². The van der Waals surface area contributed by atoms with Crippen molar-refractivity contribution in [2.75, 3.05) is 20.1 Å². The number of carbonyl (C=O) groups excluding carboxylic acids is 1. The molecule has 0 aliphatic heterocycles. The molecule has 130 valence electrons. The molecular weight excluding hydrogens is 347 g/mol. The van der Waals surface area contributed by atoms with Gasteiger partial charge in [-0.1, -0.05) is 42.5 Å². The molecule has 0 bridgehead atoms. The van der Waals surface area contributed by atoms with Gasteiger partial charge in [-0.05, 0) is 37.7 Å². The van der Waals surface area contributed by atoms with E-state index in [4.69, 9.17) is 0 Å². The highest BCUT2D eigenvalue weighted by Gasteiger charge is 2.22. The molecular formula is C18H22ClFN2OS. The van der Waals surface area contributed by atoms with Gasteiger partial charge in [0.15, 0.2) is 0 Å². The van der Waals surface area contributed by atoms with E-state index in [0.29, 0.717) is 11.4 Å². The van der Waals surface area contributed by atoms with Crippen LogP contribution >= 0.6 is 24.2 Å². The molecule has 1 unspecified atom stereocenters. The quantitative estimate of drug-likeness (QED) is 0.550. The molecule has 1 atom stereocenters. The summed E-state index contributed by atoms with van der Waals surface area (Å²) < 4.78 is 13.9. The highest BCUT2D eigenvalue weighted by molar-refractivity contribution is 8.00. The number of amides is 1. The molecule has 24 heavy (non-hydrogen) atoms. The summed E-state index contributed by atoms with van der Waals surface area (Å²) >= 11 is 1.24. The van der Waals surface area contributed by atoms with Crippen LogP contribution in [0.25, 0.3) is 0 Å². The normalized spacial score (nSPS) is 11.4. The third-order valence-corrected chi connectivity index (χ3v) is 4.63. The molecule has 0 spiro atoms. The Morgan fingerprint density at radius 1 is 1.08 bits per heavy atom. The minimum absolute atomic E-state index is 0. The Morgan fingerprint density at radius 3 is 2.42 bits per heavy atom. The lowest BCUT2D eigenvalue weighted by Gasteiger charge is -2.17. The van der Waals surface area contributed by atoms with Crippen LogP contribution in [0.1, 0.15) is 17.2 Å². The standard InChI is InChI=1S/C18H21FN2OS.ClH/c1-20-12-7-13-21-18(22)17(14-8-3-2-4-9-14)23-16-11-6-5-10-15(16)19;/h2-6,8-11,17,20H,7,12-13H2,1H3,(H,21,22);1H. The van der Waals surface area contributed by atoms with E-state index in [-0.39, 0.29) is 24.1 Å². The van der Waals surface area contributed by atoms with E-state index in [0.717, 1.165) is 18.5 Å². The van der Waals surface area contributed by atoms with Crippen LogP contribution in [0.3, 0.4) is 0 Å².